The average molecular weight is 593 g/mol. The maximum atomic E-state index is 14.1. The number of aliphatic carboxylic acids is 1. The molecule has 1 aromatic heterocycles. The Labute approximate surface area is 258 Å². The molecule has 8 heteroatoms. The van der Waals surface area contributed by atoms with E-state index in [2.05, 4.69) is 46.1 Å². The van der Waals surface area contributed by atoms with E-state index < -0.39 is 18.1 Å². The minimum absolute atomic E-state index is 0.101. The molecule has 8 nitrogen and oxygen atoms in total. The zero-order valence-electron chi connectivity index (χ0n) is 25.4. The topological polar surface area (TPSA) is 107 Å². The number of carbonyl (C=O) groups is 2. The van der Waals surface area contributed by atoms with Gasteiger partial charge in [0.15, 0.2) is 0 Å². The Balaban J connectivity index is 1.45. The van der Waals surface area contributed by atoms with Crippen molar-refractivity contribution in [1.29, 1.82) is 0 Å². The van der Waals surface area contributed by atoms with Gasteiger partial charge < -0.3 is 20.1 Å². The lowest BCUT2D eigenvalue weighted by Crippen LogP contribution is -2.58. The highest BCUT2D eigenvalue weighted by molar-refractivity contribution is 5.86. The number of carboxylic acid groups (broad SMARTS) is 1. The first kappa shape index (κ1) is 30.8. The lowest BCUT2D eigenvalue weighted by molar-refractivity contribution is -0.138. The zero-order valence-corrected chi connectivity index (χ0v) is 25.4. The number of para-hydroxylation sites is 2. The van der Waals surface area contributed by atoms with Crippen molar-refractivity contribution in [2.75, 3.05) is 13.7 Å². The van der Waals surface area contributed by atoms with Crippen LogP contribution in [0.4, 0.5) is 0 Å². The summed E-state index contributed by atoms with van der Waals surface area (Å²) in [6.45, 7) is 4.81. The number of aromatic amines is 1. The Morgan fingerprint density at radius 3 is 2.43 bits per heavy atom. The van der Waals surface area contributed by atoms with Crippen LogP contribution >= 0.6 is 0 Å². The van der Waals surface area contributed by atoms with Crippen LogP contribution in [0, 0.1) is 0 Å². The van der Waals surface area contributed by atoms with E-state index in [-0.39, 0.29) is 18.2 Å². The van der Waals surface area contributed by atoms with Gasteiger partial charge in [-0.05, 0) is 40.5 Å². The lowest BCUT2D eigenvalue weighted by atomic mass is 9.90. The molecule has 0 aliphatic heterocycles. The molecule has 0 aliphatic carbocycles. The number of nitrogens with zero attached hydrogens (tertiary/aromatic N) is 1. The van der Waals surface area contributed by atoms with Gasteiger partial charge in [0.05, 0.1) is 13.5 Å². The standard InChI is InChI=1S/C36H40N4O4/c1-4-40(39-30(21-34(41)42)20-29-23-37-32-15-9-8-14-31(29)32)35(36(43)38-22-28-13-7-10-16-33(28)44-3)24(2)26-18-17-25-11-5-6-12-27(25)19-26/h5-19,23-24,30,35,37,39H,4,20-22H2,1-3H3,(H,38,43)(H,41,42). The number of carbonyl (C=O) groups excluding carboxylic acids is 1. The van der Waals surface area contributed by atoms with Crippen molar-refractivity contribution in [2.24, 2.45) is 0 Å². The number of likely N-dealkylation sites (N-methyl/N-ethyl adjacent to an activating group) is 1. The molecule has 4 N–H and O–H groups in total. The van der Waals surface area contributed by atoms with Gasteiger partial charge in [0, 0.05) is 47.7 Å². The second kappa shape index (κ2) is 14.2. The number of hydrogen-bond donors (Lipinski definition) is 4. The van der Waals surface area contributed by atoms with Crippen molar-refractivity contribution in [3.8, 4) is 5.75 Å². The van der Waals surface area contributed by atoms with Gasteiger partial charge in [-0.15, -0.1) is 0 Å². The van der Waals surface area contributed by atoms with E-state index in [4.69, 9.17) is 4.74 Å². The molecule has 0 spiro atoms. The highest BCUT2D eigenvalue weighted by atomic mass is 16.5. The van der Waals surface area contributed by atoms with Crippen molar-refractivity contribution in [1.82, 2.24) is 20.7 Å². The van der Waals surface area contributed by atoms with Gasteiger partial charge in [-0.25, -0.2) is 5.01 Å². The molecule has 3 atom stereocenters. The highest BCUT2D eigenvalue weighted by Gasteiger charge is 2.33. The van der Waals surface area contributed by atoms with Crippen LogP contribution in [-0.2, 0) is 22.6 Å². The molecule has 0 fully saturated rings. The van der Waals surface area contributed by atoms with E-state index >= 15 is 0 Å². The van der Waals surface area contributed by atoms with Crippen LogP contribution < -0.4 is 15.5 Å². The number of carboxylic acids is 1. The summed E-state index contributed by atoms with van der Waals surface area (Å²) < 4.78 is 5.50. The summed E-state index contributed by atoms with van der Waals surface area (Å²) >= 11 is 0. The molecule has 0 saturated carbocycles. The molecule has 0 radical (unpaired) electrons. The molecule has 5 rings (SSSR count). The van der Waals surface area contributed by atoms with Crippen LogP contribution in [0.1, 0.15) is 42.9 Å². The van der Waals surface area contributed by atoms with Crippen molar-refractivity contribution in [2.45, 2.75) is 51.2 Å². The number of H-pyrrole nitrogens is 1. The summed E-state index contributed by atoms with van der Waals surface area (Å²) in [5.41, 5.74) is 7.40. The Hall–Kier alpha value is -4.66. The SMILES string of the molecule is CCN(NC(CC(=O)O)Cc1c[nH]c2ccccc12)C(C(=O)NCc1ccccc1OC)C(C)c1ccc2ccccc2c1. The summed E-state index contributed by atoms with van der Waals surface area (Å²) in [5.74, 6) is -0.578. The van der Waals surface area contributed by atoms with Crippen molar-refractivity contribution in [3.63, 3.8) is 0 Å². The molecule has 0 saturated heterocycles. The van der Waals surface area contributed by atoms with E-state index in [1.807, 2.05) is 85.7 Å². The Morgan fingerprint density at radius 2 is 1.66 bits per heavy atom. The second-order valence-corrected chi connectivity index (χ2v) is 11.1. The van der Waals surface area contributed by atoms with Crippen LogP contribution in [0.25, 0.3) is 21.7 Å². The average Bonchev–Trinajstić information content (AvgIpc) is 3.45. The summed E-state index contributed by atoms with van der Waals surface area (Å²) in [4.78, 5) is 29.4. The summed E-state index contributed by atoms with van der Waals surface area (Å²) in [7, 11) is 1.62. The normalized spacial score (nSPS) is 13.5. The fraction of sp³-hybridized carbons (Fsp3) is 0.278. The quantitative estimate of drug-likeness (QED) is 0.117. The first-order valence-electron chi connectivity index (χ1n) is 15.1. The number of fused-ring (bicyclic) bond motifs is 2. The van der Waals surface area contributed by atoms with Crippen LogP contribution in [0.5, 0.6) is 5.75 Å². The van der Waals surface area contributed by atoms with Gasteiger partial charge >= 0.3 is 5.97 Å². The number of ether oxygens (including phenoxy) is 1. The molecule has 1 amide bonds. The largest absolute Gasteiger partial charge is 0.496 e. The molecule has 5 aromatic rings. The lowest BCUT2D eigenvalue weighted by Gasteiger charge is -2.37. The van der Waals surface area contributed by atoms with Crippen LogP contribution in [0.3, 0.4) is 0 Å². The van der Waals surface area contributed by atoms with E-state index in [1.165, 1.54) is 0 Å². The van der Waals surface area contributed by atoms with Crippen molar-refractivity contribution in [3.05, 3.63) is 114 Å². The van der Waals surface area contributed by atoms with E-state index in [0.717, 1.165) is 38.4 Å². The summed E-state index contributed by atoms with van der Waals surface area (Å²) in [6, 6.07) is 29.0. The maximum absolute atomic E-state index is 14.1. The van der Waals surface area contributed by atoms with Gasteiger partial charge in [-0.1, -0.05) is 92.7 Å². The highest BCUT2D eigenvalue weighted by Crippen LogP contribution is 2.28. The minimum atomic E-state index is -0.904. The van der Waals surface area contributed by atoms with Gasteiger partial charge in [0.25, 0.3) is 0 Å². The summed E-state index contributed by atoms with van der Waals surface area (Å²) in [6.07, 6.45) is 2.31. The number of hydrogen-bond acceptors (Lipinski definition) is 5. The van der Waals surface area contributed by atoms with Gasteiger partial charge in [-0.3, -0.25) is 15.0 Å². The zero-order chi connectivity index (χ0) is 31.1. The van der Waals surface area contributed by atoms with Crippen molar-refractivity contribution < 1.29 is 19.4 Å². The first-order chi connectivity index (χ1) is 21.4. The van der Waals surface area contributed by atoms with E-state index in [9.17, 15) is 14.7 Å². The number of aromatic nitrogens is 1. The minimum Gasteiger partial charge on any atom is -0.496 e. The number of hydrazine groups is 1. The molecule has 3 unspecified atom stereocenters. The Bertz CT molecular complexity index is 1730. The molecule has 0 bridgehead atoms. The number of rotatable bonds is 14. The second-order valence-electron chi connectivity index (χ2n) is 11.1. The van der Waals surface area contributed by atoms with E-state index in [0.29, 0.717) is 25.3 Å². The monoisotopic (exact) mass is 592 g/mol. The number of benzene rings is 4. The van der Waals surface area contributed by atoms with Gasteiger partial charge in [-0.2, -0.15) is 0 Å². The number of nitrogens with one attached hydrogen (secondary N) is 3. The molecular formula is C36H40N4O4. The third-order valence-electron chi connectivity index (χ3n) is 8.27. The van der Waals surface area contributed by atoms with Gasteiger partial charge in [0.2, 0.25) is 5.91 Å². The first-order valence-corrected chi connectivity index (χ1v) is 15.1. The van der Waals surface area contributed by atoms with Crippen LogP contribution in [0.15, 0.2) is 97.2 Å². The van der Waals surface area contributed by atoms with Crippen LogP contribution in [0.2, 0.25) is 0 Å². The smallest absolute Gasteiger partial charge is 0.304 e. The molecule has 228 valence electrons. The van der Waals surface area contributed by atoms with Crippen molar-refractivity contribution >= 4 is 33.6 Å². The number of amides is 1. The predicted molar refractivity (Wildman–Crippen MR) is 175 cm³/mol. The third kappa shape index (κ3) is 7.10. The maximum Gasteiger partial charge on any atom is 0.304 e. The molecule has 4 aromatic carbocycles. The summed E-state index contributed by atoms with van der Waals surface area (Å²) in [5, 5.41) is 18.2. The molecule has 1 heterocycles. The third-order valence-corrected chi connectivity index (χ3v) is 8.27. The Morgan fingerprint density at radius 1 is 0.932 bits per heavy atom. The fourth-order valence-electron chi connectivity index (χ4n) is 5.99. The molecule has 0 aliphatic rings. The van der Waals surface area contributed by atoms with Crippen LogP contribution in [-0.4, -0.2) is 52.7 Å². The Kier molecular flexibility index (Phi) is 9.94. The number of methoxy groups -OCH3 is 1. The van der Waals surface area contributed by atoms with E-state index in [1.54, 1.807) is 7.11 Å². The fourth-order valence-corrected chi connectivity index (χ4v) is 5.99. The predicted octanol–water partition coefficient (Wildman–Crippen LogP) is 6.03. The molecular weight excluding hydrogens is 552 g/mol. The van der Waals surface area contributed by atoms with Gasteiger partial charge in [0.1, 0.15) is 11.8 Å². The molecule has 44 heavy (non-hydrogen) atoms.